The second-order valence-corrected chi connectivity index (χ2v) is 18.8. The van der Waals surface area contributed by atoms with Crippen LogP contribution in [0.25, 0.3) is 0 Å². The van der Waals surface area contributed by atoms with Crippen molar-refractivity contribution in [1.29, 1.82) is 0 Å². The first-order chi connectivity index (χ1) is 9.60. The molecule has 0 saturated carbocycles. The Hall–Kier alpha value is -0.191. The van der Waals surface area contributed by atoms with Crippen LogP contribution >= 0.6 is 0 Å². The molecule has 4 heteroatoms. The van der Waals surface area contributed by atoms with Gasteiger partial charge in [-0.05, 0) is 0 Å². The van der Waals surface area contributed by atoms with Crippen LogP contribution in [0.3, 0.4) is 0 Å². The molecular weight excluding hydrogens is 357 g/mol. The zero-order chi connectivity index (χ0) is 15.3. The number of hydrogen-bond donors (Lipinski definition) is 2. The maximum absolute atomic E-state index is 10.5. The van der Waals surface area contributed by atoms with Gasteiger partial charge in [-0.3, -0.25) is 0 Å². The van der Waals surface area contributed by atoms with Gasteiger partial charge in [0.25, 0.3) is 0 Å². The van der Waals surface area contributed by atoms with Crippen molar-refractivity contribution in [2.75, 3.05) is 6.54 Å². The Labute approximate surface area is 129 Å². The topological polar surface area (TPSA) is 49.3 Å². The van der Waals surface area contributed by atoms with Crippen molar-refractivity contribution in [3.8, 4) is 0 Å². The molecule has 0 heterocycles. The average molecular weight is 390 g/mol. The summed E-state index contributed by atoms with van der Waals surface area (Å²) in [4.78, 5) is 10.5. The third-order valence-electron chi connectivity index (χ3n) is 3.93. The van der Waals surface area contributed by atoms with Crippen molar-refractivity contribution in [3.05, 3.63) is 10.2 Å². The van der Waals surface area contributed by atoms with Crippen molar-refractivity contribution in [2.45, 2.75) is 72.6 Å². The Morgan fingerprint density at radius 2 is 1.45 bits per heavy atom. The van der Waals surface area contributed by atoms with Gasteiger partial charge in [0.1, 0.15) is 0 Å². The molecule has 0 aromatic rings. The molecule has 0 spiro atoms. The number of unbranched alkanes of at least 4 members (excludes halogenated alkanes) is 3. The Morgan fingerprint density at radius 1 is 1.00 bits per heavy atom. The normalized spacial score (nSPS) is 11.9. The van der Waals surface area contributed by atoms with Gasteiger partial charge in [0, 0.05) is 0 Å². The fraction of sp³-hybridized carbons (Fsp3) is 0.812. The third kappa shape index (κ3) is 9.67. The Bertz CT molecular complexity index is 258. The molecule has 0 aromatic carbocycles. The van der Waals surface area contributed by atoms with E-state index in [-0.39, 0.29) is 0 Å². The Balaban J connectivity index is 4.68. The van der Waals surface area contributed by atoms with Crippen molar-refractivity contribution in [1.82, 2.24) is 5.32 Å². The van der Waals surface area contributed by atoms with E-state index < -0.39 is 24.5 Å². The van der Waals surface area contributed by atoms with Gasteiger partial charge in [-0.2, -0.15) is 0 Å². The molecule has 0 aliphatic heterocycles. The van der Waals surface area contributed by atoms with Crippen LogP contribution < -0.4 is 5.32 Å². The van der Waals surface area contributed by atoms with Crippen LogP contribution in [0.2, 0.25) is 13.3 Å². The van der Waals surface area contributed by atoms with Crippen molar-refractivity contribution >= 4 is 24.5 Å². The van der Waals surface area contributed by atoms with Crippen molar-refractivity contribution in [3.63, 3.8) is 0 Å². The number of carboxylic acid groups (broad SMARTS) is 1. The second kappa shape index (κ2) is 12.5. The summed E-state index contributed by atoms with van der Waals surface area (Å²) in [5, 5.41) is 11.1. The molecule has 0 unspecified atom stereocenters. The number of hydrogen-bond acceptors (Lipinski definition) is 1. The summed E-state index contributed by atoms with van der Waals surface area (Å²) in [5.41, 5.74) is 0. The Kier molecular flexibility index (Phi) is 12.4. The first-order valence-corrected chi connectivity index (χ1v) is 15.9. The molecule has 20 heavy (non-hydrogen) atoms. The summed E-state index contributed by atoms with van der Waals surface area (Å²) in [7, 11) is 0. The van der Waals surface area contributed by atoms with Crippen LogP contribution in [0.15, 0.2) is 10.2 Å². The van der Waals surface area contributed by atoms with E-state index in [1.807, 2.05) is 0 Å². The molecule has 0 fully saturated rings. The molecule has 0 aromatic heterocycles. The summed E-state index contributed by atoms with van der Waals surface area (Å²) < 4.78 is 6.82. The van der Waals surface area contributed by atoms with E-state index in [2.05, 4.69) is 36.3 Å². The number of rotatable bonds is 12. The molecule has 0 bridgehead atoms. The number of nitrogens with one attached hydrogen (secondary N) is 1. The van der Waals surface area contributed by atoms with Gasteiger partial charge < -0.3 is 0 Å². The molecule has 0 aliphatic rings. The monoisotopic (exact) mass is 391 g/mol. The second-order valence-electron chi connectivity index (χ2n) is 5.76. The average Bonchev–Trinajstić information content (AvgIpc) is 2.44. The zero-order valence-electron chi connectivity index (χ0n) is 13.6. The summed E-state index contributed by atoms with van der Waals surface area (Å²) in [6, 6.07) is 0. The molecule has 0 rings (SSSR count). The van der Waals surface area contributed by atoms with Gasteiger partial charge in [-0.15, -0.1) is 0 Å². The van der Waals surface area contributed by atoms with E-state index in [0.717, 1.165) is 0 Å². The van der Waals surface area contributed by atoms with E-state index in [0.29, 0.717) is 6.54 Å². The molecule has 2 N–H and O–H groups in total. The van der Waals surface area contributed by atoms with Crippen molar-refractivity contribution < 1.29 is 9.90 Å². The van der Waals surface area contributed by atoms with Gasteiger partial charge in [-0.1, -0.05) is 0 Å². The van der Waals surface area contributed by atoms with Gasteiger partial charge in [0.2, 0.25) is 0 Å². The summed E-state index contributed by atoms with van der Waals surface area (Å²) in [5.74, 6) is 0. The van der Waals surface area contributed by atoms with Gasteiger partial charge in [0.15, 0.2) is 0 Å². The van der Waals surface area contributed by atoms with E-state index >= 15 is 0 Å². The zero-order valence-corrected chi connectivity index (χ0v) is 16.4. The predicted molar refractivity (Wildman–Crippen MR) is 90.1 cm³/mol. The number of amides is 1. The van der Waals surface area contributed by atoms with E-state index in [1.165, 1.54) is 51.8 Å². The van der Waals surface area contributed by atoms with Crippen LogP contribution in [0.5, 0.6) is 0 Å². The molecule has 3 nitrogen and oxygen atoms in total. The standard InChI is InChI=1S/C4H6NO2.3C4H9.Sn/c1-2-3-5-4(6)7;3*1-3-4-2;/h1-2,5H,3H2,(H,6,7);3*1,3-4H2,2H3;. The molecule has 0 aliphatic carbocycles. The fourth-order valence-electron chi connectivity index (χ4n) is 2.67. The Morgan fingerprint density at radius 3 is 1.80 bits per heavy atom. The van der Waals surface area contributed by atoms with Crippen LogP contribution in [-0.4, -0.2) is 36.1 Å². The third-order valence-corrected chi connectivity index (χ3v) is 18.2. The molecule has 0 atom stereocenters. The molecule has 1 amide bonds. The van der Waals surface area contributed by atoms with E-state index in [4.69, 9.17) is 5.11 Å². The van der Waals surface area contributed by atoms with Crippen molar-refractivity contribution in [2.24, 2.45) is 0 Å². The SMILES string of the molecule is CCC[CH2][Sn](/[CH]=C/CNC(=O)O)([CH2]CCC)[CH2]CCC. The molecule has 0 radical (unpaired) electrons. The first kappa shape index (κ1) is 19.8. The maximum atomic E-state index is 10.5. The van der Waals surface area contributed by atoms with E-state index in [1.54, 1.807) is 0 Å². The molecule has 118 valence electrons. The van der Waals surface area contributed by atoms with Crippen LogP contribution in [-0.2, 0) is 0 Å². The van der Waals surface area contributed by atoms with Gasteiger partial charge in [-0.25, -0.2) is 0 Å². The van der Waals surface area contributed by atoms with Crippen LogP contribution in [0.1, 0.15) is 59.3 Å². The molecular formula is C16H33NO2Sn. The molecule has 0 saturated heterocycles. The summed E-state index contributed by atoms with van der Waals surface area (Å²) in [6.07, 6.45) is 9.05. The fourth-order valence-corrected chi connectivity index (χ4v) is 17.1. The minimum atomic E-state index is -2.18. The summed E-state index contributed by atoms with van der Waals surface area (Å²) in [6.45, 7) is 7.28. The quantitative estimate of drug-likeness (QED) is 0.450. The van der Waals surface area contributed by atoms with Gasteiger partial charge >= 0.3 is 129 Å². The number of carbonyl (C=O) groups is 1. The minimum absolute atomic E-state index is 0.471. The predicted octanol–water partition coefficient (Wildman–Crippen LogP) is 5.20. The van der Waals surface area contributed by atoms with Crippen LogP contribution in [0.4, 0.5) is 4.79 Å². The first-order valence-electron chi connectivity index (χ1n) is 8.24. The van der Waals surface area contributed by atoms with Crippen LogP contribution in [0, 0.1) is 0 Å². The van der Waals surface area contributed by atoms with Gasteiger partial charge in [0.05, 0.1) is 0 Å². The van der Waals surface area contributed by atoms with E-state index in [9.17, 15) is 4.79 Å². The summed E-state index contributed by atoms with van der Waals surface area (Å²) >= 11 is -2.18.